The highest BCUT2D eigenvalue weighted by molar-refractivity contribution is 9.10. The van der Waals surface area contributed by atoms with Gasteiger partial charge in [0.15, 0.2) is 0 Å². The third-order valence-corrected chi connectivity index (χ3v) is 5.20. The van der Waals surface area contributed by atoms with Crippen molar-refractivity contribution >= 4 is 27.3 Å². The Hall–Kier alpha value is -0.840. The fraction of sp³-hybridized carbons (Fsp3) is 0.412. The monoisotopic (exact) mass is 367 g/mol. The number of hydrogen-bond acceptors (Lipinski definition) is 3. The highest BCUT2D eigenvalue weighted by atomic mass is 79.9. The molecular formula is C17H22BrNOS. The van der Waals surface area contributed by atoms with Gasteiger partial charge in [0.05, 0.1) is 11.6 Å². The van der Waals surface area contributed by atoms with Gasteiger partial charge in [0.2, 0.25) is 0 Å². The van der Waals surface area contributed by atoms with Crippen molar-refractivity contribution in [2.45, 2.75) is 32.9 Å². The van der Waals surface area contributed by atoms with Crippen LogP contribution in [-0.2, 0) is 0 Å². The maximum Gasteiger partial charge on any atom is 0.133 e. The second-order valence-electron chi connectivity index (χ2n) is 5.52. The Morgan fingerprint density at radius 1 is 1.19 bits per heavy atom. The van der Waals surface area contributed by atoms with E-state index in [-0.39, 0.29) is 6.04 Å². The van der Waals surface area contributed by atoms with E-state index in [9.17, 15) is 0 Å². The topological polar surface area (TPSA) is 21.3 Å². The van der Waals surface area contributed by atoms with Crippen LogP contribution >= 0.6 is 27.3 Å². The van der Waals surface area contributed by atoms with Crippen molar-refractivity contribution in [3.05, 3.63) is 50.6 Å². The van der Waals surface area contributed by atoms with Gasteiger partial charge < -0.3 is 10.1 Å². The van der Waals surface area contributed by atoms with Crippen molar-refractivity contribution in [1.29, 1.82) is 0 Å². The second-order valence-corrected chi connectivity index (χ2v) is 7.35. The Bertz CT molecular complexity index is 568. The molecule has 1 N–H and O–H groups in total. The van der Waals surface area contributed by atoms with Gasteiger partial charge in [0.25, 0.3) is 0 Å². The number of benzene rings is 1. The predicted octanol–water partition coefficient (Wildman–Crippen LogP) is 5.57. The van der Waals surface area contributed by atoms with Gasteiger partial charge in [-0.25, -0.2) is 0 Å². The van der Waals surface area contributed by atoms with Crippen LogP contribution < -0.4 is 10.1 Å². The molecule has 21 heavy (non-hydrogen) atoms. The first-order valence-electron chi connectivity index (χ1n) is 7.15. The molecule has 2 aromatic rings. The molecule has 0 amide bonds. The summed E-state index contributed by atoms with van der Waals surface area (Å²) in [5.41, 5.74) is 1.25. The van der Waals surface area contributed by atoms with E-state index in [4.69, 9.17) is 4.74 Å². The molecule has 0 fully saturated rings. The third-order valence-electron chi connectivity index (χ3n) is 3.62. The molecular weight excluding hydrogens is 346 g/mol. The SMILES string of the molecule is COc1ccc(C(C)NC(c2cccs2)C(C)C)cc1Br. The fourth-order valence-electron chi connectivity index (χ4n) is 2.39. The summed E-state index contributed by atoms with van der Waals surface area (Å²) in [7, 11) is 1.69. The first-order chi connectivity index (χ1) is 10.0. The van der Waals surface area contributed by atoms with Crippen LogP contribution in [0.25, 0.3) is 0 Å². The first kappa shape index (κ1) is 16.5. The lowest BCUT2D eigenvalue weighted by Crippen LogP contribution is -2.27. The van der Waals surface area contributed by atoms with Crippen LogP contribution in [0, 0.1) is 5.92 Å². The molecule has 2 unspecified atom stereocenters. The average Bonchev–Trinajstić information content (AvgIpc) is 2.97. The van der Waals surface area contributed by atoms with Crippen molar-refractivity contribution in [2.24, 2.45) is 5.92 Å². The van der Waals surface area contributed by atoms with E-state index in [1.54, 1.807) is 7.11 Å². The zero-order valence-electron chi connectivity index (χ0n) is 12.9. The summed E-state index contributed by atoms with van der Waals surface area (Å²) in [5.74, 6) is 1.41. The van der Waals surface area contributed by atoms with Gasteiger partial charge in [-0.15, -0.1) is 11.3 Å². The number of methoxy groups -OCH3 is 1. The fourth-order valence-corrected chi connectivity index (χ4v) is 3.91. The highest BCUT2D eigenvalue weighted by Crippen LogP contribution is 2.31. The van der Waals surface area contributed by atoms with Crippen molar-refractivity contribution in [3.63, 3.8) is 0 Å². The summed E-state index contributed by atoms with van der Waals surface area (Å²) in [5, 5.41) is 5.89. The van der Waals surface area contributed by atoms with E-state index in [2.05, 4.69) is 71.7 Å². The lowest BCUT2D eigenvalue weighted by atomic mass is 9.99. The standard InChI is InChI=1S/C17H22BrNOS/c1-11(2)17(16-6-5-9-21-16)19-12(3)13-7-8-15(20-4)14(18)10-13/h5-12,17,19H,1-4H3. The summed E-state index contributed by atoms with van der Waals surface area (Å²) >= 11 is 5.37. The van der Waals surface area contributed by atoms with Crippen LogP contribution in [0.4, 0.5) is 0 Å². The molecule has 1 heterocycles. The Morgan fingerprint density at radius 2 is 1.95 bits per heavy atom. The minimum Gasteiger partial charge on any atom is -0.496 e. The molecule has 1 aromatic heterocycles. The van der Waals surface area contributed by atoms with Crippen molar-refractivity contribution < 1.29 is 4.74 Å². The molecule has 0 spiro atoms. The van der Waals surface area contributed by atoms with Gasteiger partial charge in [0.1, 0.15) is 5.75 Å². The van der Waals surface area contributed by atoms with Gasteiger partial charge in [-0.3, -0.25) is 0 Å². The van der Waals surface area contributed by atoms with Gasteiger partial charge in [-0.2, -0.15) is 0 Å². The van der Waals surface area contributed by atoms with Gasteiger partial charge >= 0.3 is 0 Å². The lowest BCUT2D eigenvalue weighted by Gasteiger charge is -2.26. The van der Waals surface area contributed by atoms with Crippen LogP contribution in [0.5, 0.6) is 5.75 Å². The normalized spacial score (nSPS) is 14.2. The quantitative estimate of drug-likeness (QED) is 0.720. The van der Waals surface area contributed by atoms with E-state index in [1.807, 2.05) is 17.4 Å². The van der Waals surface area contributed by atoms with Gasteiger partial charge in [-0.1, -0.05) is 26.0 Å². The maximum absolute atomic E-state index is 5.29. The minimum absolute atomic E-state index is 0.279. The maximum atomic E-state index is 5.29. The molecule has 1 aromatic carbocycles. The molecule has 0 saturated carbocycles. The predicted molar refractivity (Wildman–Crippen MR) is 94.1 cm³/mol. The summed E-state index contributed by atoms with van der Waals surface area (Å²) < 4.78 is 6.29. The molecule has 114 valence electrons. The van der Waals surface area contributed by atoms with E-state index < -0.39 is 0 Å². The molecule has 0 radical (unpaired) electrons. The largest absolute Gasteiger partial charge is 0.496 e. The number of halogens is 1. The first-order valence-corrected chi connectivity index (χ1v) is 8.83. The number of rotatable bonds is 6. The third kappa shape index (κ3) is 4.09. The molecule has 0 aliphatic heterocycles. The molecule has 0 saturated heterocycles. The minimum atomic E-state index is 0.279. The molecule has 2 atom stereocenters. The Labute approximate surface area is 139 Å². The van der Waals surface area contributed by atoms with Crippen molar-refractivity contribution in [1.82, 2.24) is 5.32 Å². The molecule has 2 rings (SSSR count). The number of ether oxygens (including phenoxy) is 1. The Morgan fingerprint density at radius 3 is 2.48 bits per heavy atom. The van der Waals surface area contributed by atoms with Gasteiger partial charge in [-0.05, 0) is 57.9 Å². The van der Waals surface area contributed by atoms with E-state index in [1.165, 1.54) is 10.4 Å². The van der Waals surface area contributed by atoms with E-state index >= 15 is 0 Å². The Kier molecular flexibility index (Phi) is 5.85. The summed E-state index contributed by atoms with van der Waals surface area (Å²) in [6, 6.07) is 11.2. The van der Waals surface area contributed by atoms with Crippen LogP contribution in [0.1, 0.15) is 43.3 Å². The number of thiophene rings is 1. The lowest BCUT2D eigenvalue weighted by molar-refractivity contribution is 0.378. The van der Waals surface area contributed by atoms with Crippen molar-refractivity contribution in [3.8, 4) is 5.75 Å². The Balaban J connectivity index is 2.15. The van der Waals surface area contributed by atoms with Crippen LogP contribution in [0.2, 0.25) is 0 Å². The highest BCUT2D eigenvalue weighted by Gasteiger charge is 2.20. The summed E-state index contributed by atoms with van der Waals surface area (Å²) in [6.07, 6.45) is 0. The van der Waals surface area contributed by atoms with E-state index in [0.29, 0.717) is 12.0 Å². The van der Waals surface area contributed by atoms with Crippen LogP contribution in [-0.4, -0.2) is 7.11 Å². The molecule has 0 aliphatic rings. The van der Waals surface area contributed by atoms with Crippen molar-refractivity contribution in [2.75, 3.05) is 7.11 Å². The van der Waals surface area contributed by atoms with Crippen LogP contribution in [0.3, 0.4) is 0 Å². The smallest absolute Gasteiger partial charge is 0.133 e. The molecule has 2 nitrogen and oxygen atoms in total. The molecule has 0 bridgehead atoms. The average molecular weight is 368 g/mol. The number of hydrogen-bond donors (Lipinski definition) is 1. The summed E-state index contributed by atoms with van der Waals surface area (Å²) in [4.78, 5) is 1.39. The zero-order chi connectivity index (χ0) is 15.4. The molecule has 0 aliphatic carbocycles. The van der Waals surface area contributed by atoms with Crippen LogP contribution in [0.15, 0.2) is 40.2 Å². The zero-order valence-corrected chi connectivity index (χ0v) is 15.3. The summed E-state index contributed by atoms with van der Waals surface area (Å²) in [6.45, 7) is 6.72. The van der Waals surface area contributed by atoms with Gasteiger partial charge in [0, 0.05) is 17.0 Å². The second kappa shape index (κ2) is 7.43. The van der Waals surface area contributed by atoms with E-state index in [0.717, 1.165) is 10.2 Å². The molecule has 4 heteroatoms. The number of nitrogens with one attached hydrogen (secondary N) is 1.